The van der Waals surface area contributed by atoms with Crippen LogP contribution in [0.25, 0.3) is 0 Å². The summed E-state index contributed by atoms with van der Waals surface area (Å²) in [7, 11) is 0. The molecule has 0 aliphatic rings. The lowest BCUT2D eigenvalue weighted by atomic mass is 10.0. The van der Waals surface area contributed by atoms with Gasteiger partial charge in [-0.05, 0) is 60.9 Å². The van der Waals surface area contributed by atoms with Gasteiger partial charge in [-0.3, -0.25) is 0 Å². The third-order valence-electron chi connectivity index (χ3n) is 2.87. The van der Waals surface area contributed by atoms with Crippen LogP contribution >= 0.6 is 15.9 Å². The van der Waals surface area contributed by atoms with E-state index in [0.29, 0.717) is 0 Å². The molecule has 0 radical (unpaired) electrons. The maximum absolute atomic E-state index is 5.67. The summed E-state index contributed by atoms with van der Waals surface area (Å²) < 4.78 is 12.0. The van der Waals surface area contributed by atoms with Crippen LogP contribution in [0.4, 0.5) is 0 Å². The van der Waals surface area contributed by atoms with Gasteiger partial charge in [-0.1, -0.05) is 6.92 Å². The predicted octanol–water partition coefficient (Wildman–Crippen LogP) is 4.34. The summed E-state index contributed by atoms with van der Waals surface area (Å²) in [6.45, 7) is 7.04. The van der Waals surface area contributed by atoms with E-state index >= 15 is 0 Å². The van der Waals surface area contributed by atoms with E-state index in [1.54, 1.807) is 0 Å². The molecule has 0 aromatic carbocycles. The molecule has 1 N–H and O–H groups in total. The number of hydrogen-bond acceptors (Lipinski definition) is 3. The Morgan fingerprint density at radius 2 is 2.06 bits per heavy atom. The standard InChI is InChI=1S/C14H18BrNO2/c1-4-7-16-14(12-5-6-13(15)18-12)11-8-9(2)17-10(11)3/h5-6,8,14,16H,4,7H2,1-3H3. The van der Waals surface area contributed by atoms with Gasteiger partial charge in [0.05, 0.1) is 6.04 Å². The number of rotatable bonds is 5. The minimum Gasteiger partial charge on any atom is -0.466 e. The summed E-state index contributed by atoms with van der Waals surface area (Å²) >= 11 is 3.35. The minimum absolute atomic E-state index is 0.0497. The highest BCUT2D eigenvalue weighted by atomic mass is 79.9. The monoisotopic (exact) mass is 311 g/mol. The van der Waals surface area contributed by atoms with Crippen molar-refractivity contribution in [2.75, 3.05) is 6.54 Å². The molecular formula is C14H18BrNO2. The fourth-order valence-electron chi connectivity index (χ4n) is 2.07. The lowest BCUT2D eigenvalue weighted by Gasteiger charge is -2.15. The van der Waals surface area contributed by atoms with Crippen molar-refractivity contribution in [2.45, 2.75) is 33.2 Å². The van der Waals surface area contributed by atoms with Gasteiger partial charge < -0.3 is 14.2 Å². The second-order valence-corrected chi connectivity index (χ2v) is 5.18. The fourth-order valence-corrected chi connectivity index (χ4v) is 2.39. The summed E-state index contributed by atoms with van der Waals surface area (Å²) in [6.07, 6.45) is 1.08. The van der Waals surface area contributed by atoms with Crippen molar-refractivity contribution in [3.63, 3.8) is 0 Å². The second kappa shape index (κ2) is 5.76. The second-order valence-electron chi connectivity index (χ2n) is 4.40. The van der Waals surface area contributed by atoms with E-state index in [2.05, 4.69) is 34.2 Å². The molecule has 0 amide bonds. The van der Waals surface area contributed by atoms with Crippen LogP contribution in [0, 0.1) is 13.8 Å². The highest BCUT2D eigenvalue weighted by Gasteiger charge is 2.21. The van der Waals surface area contributed by atoms with Gasteiger partial charge in [0.25, 0.3) is 0 Å². The summed E-state index contributed by atoms with van der Waals surface area (Å²) in [5.74, 6) is 2.77. The Morgan fingerprint density at radius 3 is 2.56 bits per heavy atom. The first-order valence-electron chi connectivity index (χ1n) is 6.17. The number of furan rings is 2. The first kappa shape index (κ1) is 13.4. The Kier molecular flexibility index (Phi) is 4.30. The van der Waals surface area contributed by atoms with Crippen LogP contribution < -0.4 is 5.32 Å². The maximum atomic E-state index is 5.67. The Bertz CT molecular complexity index is 516. The minimum atomic E-state index is 0.0497. The highest BCUT2D eigenvalue weighted by molar-refractivity contribution is 9.10. The molecular weight excluding hydrogens is 294 g/mol. The SMILES string of the molecule is CCCNC(c1ccc(Br)o1)c1cc(C)oc1C. The molecule has 0 aliphatic carbocycles. The van der Waals surface area contributed by atoms with Crippen molar-refractivity contribution in [2.24, 2.45) is 0 Å². The zero-order chi connectivity index (χ0) is 13.1. The number of aryl methyl sites for hydroxylation is 2. The Hall–Kier alpha value is -1.00. The van der Waals surface area contributed by atoms with E-state index in [0.717, 1.165) is 40.5 Å². The van der Waals surface area contributed by atoms with Gasteiger partial charge in [-0.25, -0.2) is 0 Å². The zero-order valence-electron chi connectivity index (χ0n) is 10.9. The van der Waals surface area contributed by atoms with E-state index in [9.17, 15) is 0 Å². The third-order valence-corrected chi connectivity index (χ3v) is 3.29. The number of nitrogens with one attached hydrogen (secondary N) is 1. The van der Waals surface area contributed by atoms with Gasteiger partial charge in [-0.2, -0.15) is 0 Å². The molecule has 2 rings (SSSR count). The van der Waals surface area contributed by atoms with E-state index < -0.39 is 0 Å². The van der Waals surface area contributed by atoms with E-state index in [4.69, 9.17) is 8.83 Å². The summed E-state index contributed by atoms with van der Waals surface area (Å²) in [4.78, 5) is 0. The van der Waals surface area contributed by atoms with Crippen LogP contribution in [-0.2, 0) is 0 Å². The largest absolute Gasteiger partial charge is 0.466 e. The Morgan fingerprint density at radius 1 is 1.28 bits per heavy atom. The molecule has 2 aromatic heterocycles. The van der Waals surface area contributed by atoms with Crippen molar-refractivity contribution in [1.29, 1.82) is 0 Å². The lowest BCUT2D eigenvalue weighted by molar-refractivity contribution is 0.426. The smallest absolute Gasteiger partial charge is 0.169 e. The van der Waals surface area contributed by atoms with Crippen molar-refractivity contribution in [3.8, 4) is 0 Å². The van der Waals surface area contributed by atoms with Crippen LogP contribution in [0.3, 0.4) is 0 Å². The van der Waals surface area contributed by atoms with Crippen molar-refractivity contribution in [3.05, 3.63) is 45.7 Å². The molecule has 4 heteroatoms. The molecule has 0 saturated heterocycles. The van der Waals surface area contributed by atoms with Crippen molar-refractivity contribution >= 4 is 15.9 Å². The molecule has 0 saturated carbocycles. The average molecular weight is 312 g/mol. The van der Waals surface area contributed by atoms with Gasteiger partial charge in [-0.15, -0.1) is 0 Å². The number of halogens is 1. The molecule has 2 heterocycles. The van der Waals surface area contributed by atoms with Gasteiger partial charge >= 0.3 is 0 Å². The summed E-state index contributed by atoms with van der Waals surface area (Å²) in [5, 5.41) is 3.49. The molecule has 1 atom stereocenters. The van der Waals surface area contributed by atoms with Gasteiger partial charge in [0.15, 0.2) is 4.67 Å². The van der Waals surface area contributed by atoms with Crippen molar-refractivity contribution < 1.29 is 8.83 Å². The molecule has 0 aliphatic heterocycles. The third kappa shape index (κ3) is 2.87. The molecule has 98 valence electrons. The average Bonchev–Trinajstić information content (AvgIpc) is 2.87. The topological polar surface area (TPSA) is 38.3 Å². The molecule has 18 heavy (non-hydrogen) atoms. The number of hydrogen-bond donors (Lipinski definition) is 1. The zero-order valence-corrected chi connectivity index (χ0v) is 12.5. The highest BCUT2D eigenvalue weighted by Crippen LogP contribution is 2.29. The van der Waals surface area contributed by atoms with E-state index in [1.165, 1.54) is 0 Å². The van der Waals surface area contributed by atoms with Gasteiger partial charge in [0.1, 0.15) is 17.3 Å². The molecule has 0 fully saturated rings. The van der Waals surface area contributed by atoms with Crippen molar-refractivity contribution in [1.82, 2.24) is 5.32 Å². The molecule has 0 spiro atoms. The molecule has 3 nitrogen and oxygen atoms in total. The quantitative estimate of drug-likeness (QED) is 0.892. The van der Waals surface area contributed by atoms with Crippen LogP contribution in [0.15, 0.2) is 31.7 Å². The van der Waals surface area contributed by atoms with Gasteiger partial charge in [0, 0.05) is 5.56 Å². The first-order chi connectivity index (χ1) is 8.61. The fraction of sp³-hybridized carbons (Fsp3) is 0.429. The first-order valence-corrected chi connectivity index (χ1v) is 6.96. The molecule has 0 bridgehead atoms. The molecule has 1 unspecified atom stereocenters. The maximum Gasteiger partial charge on any atom is 0.169 e. The van der Waals surface area contributed by atoms with Gasteiger partial charge in [0.2, 0.25) is 0 Å². The van der Waals surface area contributed by atoms with Crippen LogP contribution in [0.5, 0.6) is 0 Å². The van der Waals surface area contributed by atoms with Crippen LogP contribution in [0.1, 0.15) is 42.2 Å². The summed E-state index contributed by atoms with van der Waals surface area (Å²) in [6, 6.07) is 6.02. The van der Waals surface area contributed by atoms with E-state index in [1.807, 2.05) is 26.0 Å². The molecule has 2 aromatic rings. The van der Waals surface area contributed by atoms with Crippen LogP contribution in [0.2, 0.25) is 0 Å². The Labute approximate surface area is 116 Å². The lowest BCUT2D eigenvalue weighted by Crippen LogP contribution is -2.22. The van der Waals surface area contributed by atoms with Crippen LogP contribution in [-0.4, -0.2) is 6.54 Å². The predicted molar refractivity (Wildman–Crippen MR) is 74.7 cm³/mol. The normalized spacial score (nSPS) is 12.9. The Balaban J connectivity index is 2.33. The van der Waals surface area contributed by atoms with E-state index in [-0.39, 0.29) is 6.04 Å². The summed E-state index contributed by atoms with van der Waals surface area (Å²) in [5.41, 5.74) is 1.14.